The molecule has 0 amide bonds. The van der Waals surface area contributed by atoms with Gasteiger partial charge in [0.1, 0.15) is 5.75 Å². The molecule has 144 valence electrons. The van der Waals surface area contributed by atoms with Crippen LogP contribution in [0.2, 0.25) is 0 Å². The minimum absolute atomic E-state index is 0.0440. The van der Waals surface area contributed by atoms with Gasteiger partial charge in [0.25, 0.3) is 11.1 Å². The molecule has 0 aliphatic rings. The van der Waals surface area contributed by atoms with Crippen molar-refractivity contribution in [2.45, 2.75) is 20.8 Å². The summed E-state index contributed by atoms with van der Waals surface area (Å²) in [5, 5.41) is 11.6. The van der Waals surface area contributed by atoms with Gasteiger partial charge in [-0.05, 0) is 61.7 Å². The van der Waals surface area contributed by atoms with Crippen LogP contribution in [0.5, 0.6) is 5.75 Å². The maximum Gasteiger partial charge on any atom is 0.250 e. The average molecular weight is 376 g/mol. The fourth-order valence-electron chi connectivity index (χ4n) is 3.48. The summed E-state index contributed by atoms with van der Waals surface area (Å²) in [6, 6.07) is 14.3. The Hall–Kier alpha value is -3.34. The van der Waals surface area contributed by atoms with Crippen LogP contribution in [0.15, 0.2) is 58.1 Å². The Labute approximate surface area is 163 Å². The average Bonchev–Trinajstić information content (AvgIpc) is 2.62. The van der Waals surface area contributed by atoms with E-state index in [0.717, 1.165) is 27.4 Å². The van der Waals surface area contributed by atoms with Gasteiger partial charge in [-0.25, -0.2) is 0 Å². The first-order chi connectivity index (χ1) is 13.2. The van der Waals surface area contributed by atoms with Crippen LogP contribution in [-0.4, -0.2) is 14.2 Å². The van der Waals surface area contributed by atoms with E-state index < -0.39 is 0 Å². The van der Waals surface area contributed by atoms with E-state index >= 15 is 0 Å². The largest absolute Gasteiger partial charge is 0.508 e. The Morgan fingerprint density at radius 2 is 1.14 bits per heavy atom. The Morgan fingerprint density at radius 1 is 0.679 bits per heavy atom. The van der Waals surface area contributed by atoms with E-state index in [-0.39, 0.29) is 16.9 Å². The molecule has 0 radical (unpaired) electrons. The fraction of sp³-hybridized carbons (Fsp3) is 0.217. The molecule has 0 atom stereocenters. The molecule has 0 fully saturated rings. The van der Waals surface area contributed by atoms with E-state index in [4.69, 9.17) is 0 Å². The van der Waals surface area contributed by atoms with E-state index in [1.165, 1.54) is 21.8 Å². The fourth-order valence-corrected chi connectivity index (χ4v) is 3.48. The van der Waals surface area contributed by atoms with Crippen LogP contribution in [0, 0.1) is 20.8 Å². The van der Waals surface area contributed by atoms with E-state index in [2.05, 4.69) is 13.0 Å². The normalized spacial score (nSPS) is 10.8. The van der Waals surface area contributed by atoms with Crippen LogP contribution in [0.3, 0.4) is 0 Å². The maximum atomic E-state index is 11.4. The molecule has 2 heterocycles. The van der Waals surface area contributed by atoms with Crippen molar-refractivity contribution in [1.82, 2.24) is 9.13 Å². The number of pyridine rings is 2. The zero-order chi connectivity index (χ0) is 20.6. The van der Waals surface area contributed by atoms with Crippen molar-refractivity contribution in [3.63, 3.8) is 0 Å². The molecule has 0 bridgehead atoms. The first-order valence-electron chi connectivity index (χ1n) is 9.05. The SMILES string of the molecule is Cc1cc(C)c2ccc(=O)n(C)c2c1.Cc1cc(O)cc2c1ccc(=O)n2C. The van der Waals surface area contributed by atoms with E-state index in [1.807, 2.05) is 33.0 Å². The number of fused-ring (bicyclic) bond motifs is 2. The molecule has 5 heteroatoms. The molecule has 5 nitrogen and oxygen atoms in total. The number of phenolic OH excluding ortho intramolecular Hbond substituents is 1. The standard InChI is InChI=1S/C12H13NO.C11H11NO2/c1-8-6-9(2)10-4-5-12(14)13(3)11(10)7-8;1-7-5-8(13)6-10-9(7)3-4-11(14)12(10)2/h4-7H,1-3H3;3-6,13H,1-2H3. The molecule has 1 N–H and O–H groups in total. The van der Waals surface area contributed by atoms with Gasteiger partial charge in [-0.2, -0.15) is 0 Å². The van der Waals surface area contributed by atoms with E-state index in [0.29, 0.717) is 0 Å². The van der Waals surface area contributed by atoms with Crippen LogP contribution < -0.4 is 11.1 Å². The number of hydrogen-bond acceptors (Lipinski definition) is 3. The van der Waals surface area contributed by atoms with Gasteiger partial charge in [-0.3, -0.25) is 9.59 Å². The van der Waals surface area contributed by atoms with Crippen molar-refractivity contribution in [2.24, 2.45) is 14.1 Å². The lowest BCUT2D eigenvalue weighted by Gasteiger charge is -2.07. The first-order valence-corrected chi connectivity index (χ1v) is 9.05. The third kappa shape index (κ3) is 3.56. The van der Waals surface area contributed by atoms with Gasteiger partial charge in [0.15, 0.2) is 0 Å². The molecule has 0 saturated heterocycles. The van der Waals surface area contributed by atoms with Crippen LogP contribution in [0.1, 0.15) is 16.7 Å². The molecule has 0 spiro atoms. The highest BCUT2D eigenvalue weighted by Crippen LogP contribution is 2.22. The second kappa shape index (κ2) is 7.35. The number of aromatic nitrogens is 2. The van der Waals surface area contributed by atoms with Gasteiger partial charge in [-0.15, -0.1) is 0 Å². The maximum absolute atomic E-state index is 11.4. The second-order valence-electron chi connectivity index (χ2n) is 7.17. The highest BCUT2D eigenvalue weighted by Gasteiger charge is 2.04. The summed E-state index contributed by atoms with van der Waals surface area (Å²) >= 11 is 0. The Morgan fingerprint density at radius 3 is 1.68 bits per heavy atom. The van der Waals surface area contributed by atoms with Gasteiger partial charge in [-0.1, -0.05) is 6.07 Å². The topological polar surface area (TPSA) is 64.2 Å². The summed E-state index contributed by atoms with van der Waals surface area (Å²) in [4.78, 5) is 22.8. The second-order valence-corrected chi connectivity index (χ2v) is 7.17. The predicted octanol–water partition coefficient (Wildman–Crippen LogP) is 3.71. The lowest BCUT2D eigenvalue weighted by Crippen LogP contribution is -2.15. The van der Waals surface area contributed by atoms with Crippen molar-refractivity contribution in [2.75, 3.05) is 0 Å². The summed E-state index contributed by atoms with van der Waals surface area (Å²) < 4.78 is 3.22. The third-order valence-electron chi connectivity index (χ3n) is 5.03. The molecule has 0 aliphatic heterocycles. The van der Waals surface area contributed by atoms with Crippen molar-refractivity contribution in [3.8, 4) is 5.75 Å². The lowest BCUT2D eigenvalue weighted by molar-refractivity contribution is 0.475. The minimum Gasteiger partial charge on any atom is -0.508 e. The molecule has 4 rings (SSSR count). The van der Waals surface area contributed by atoms with Crippen molar-refractivity contribution < 1.29 is 5.11 Å². The third-order valence-corrected chi connectivity index (χ3v) is 5.03. The molecular formula is C23H24N2O3. The summed E-state index contributed by atoms with van der Waals surface area (Å²) in [5.74, 6) is 0.191. The molecule has 28 heavy (non-hydrogen) atoms. The zero-order valence-corrected chi connectivity index (χ0v) is 16.8. The summed E-state index contributed by atoms with van der Waals surface area (Å²) in [6.45, 7) is 6.02. The summed E-state index contributed by atoms with van der Waals surface area (Å²) in [5.41, 5.74) is 5.12. The lowest BCUT2D eigenvalue weighted by atomic mass is 10.1. The van der Waals surface area contributed by atoms with Crippen LogP contribution in [-0.2, 0) is 14.1 Å². The Kier molecular flexibility index (Phi) is 5.10. The summed E-state index contributed by atoms with van der Waals surface area (Å²) in [6.07, 6.45) is 0. The van der Waals surface area contributed by atoms with Gasteiger partial charge in [0.2, 0.25) is 0 Å². The molecule has 2 aromatic heterocycles. The first kappa shape index (κ1) is 19.4. The molecule has 4 aromatic rings. The number of benzene rings is 2. The van der Waals surface area contributed by atoms with Crippen molar-refractivity contribution in [3.05, 3.63) is 85.9 Å². The highest BCUT2D eigenvalue weighted by molar-refractivity contribution is 5.84. The summed E-state index contributed by atoms with van der Waals surface area (Å²) in [7, 11) is 3.51. The molecular weight excluding hydrogens is 352 g/mol. The van der Waals surface area contributed by atoms with Crippen LogP contribution >= 0.6 is 0 Å². The minimum atomic E-state index is -0.0671. The smallest absolute Gasteiger partial charge is 0.250 e. The van der Waals surface area contributed by atoms with Crippen LogP contribution in [0.25, 0.3) is 21.8 Å². The molecule has 0 unspecified atom stereocenters. The van der Waals surface area contributed by atoms with Crippen LogP contribution in [0.4, 0.5) is 0 Å². The van der Waals surface area contributed by atoms with E-state index in [9.17, 15) is 14.7 Å². The van der Waals surface area contributed by atoms with Crippen molar-refractivity contribution >= 4 is 21.8 Å². The van der Waals surface area contributed by atoms with E-state index in [1.54, 1.807) is 35.9 Å². The Bertz CT molecular complexity index is 1210. The quantitative estimate of drug-likeness (QED) is 0.509. The van der Waals surface area contributed by atoms with Gasteiger partial charge >= 0.3 is 0 Å². The number of hydrogen-bond donors (Lipinski definition) is 1. The molecule has 0 saturated carbocycles. The number of aryl methyl sites for hydroxylation is 5. The number of aromatic hydroxyl groups is 1. The molecule has 2 aromatic carbocycles. The van der Waals surface area contributed by atoms with Gasteiger partial charge < -0.3 is 14.2 Å². The van der Waals surface area contributed by atoms with Gasteiger partial charge in [0.05, 0.1) is 11.0 Å². The zero-order valence-electron chi connectivity index (χ0n) is 16.8. The highest BCUT2D eigenvalue weighted by atomic mass is 16.3. The number of nitrogens with zero attached hydrogens (tertiary/aromatic N) is 2. The number of rotatable bonds is 0. The molecule has 0 aliphatic carbocycles. The monoisotopic (exact) mass is 376 g/mol. The Balaban J connectivity index is 0.000000161. The predicted molar refractivity (Wildman–Crippen MR) is 114 cm³/mol. The number of phenols is 1. The van der Waals surface area contributed by atoms with Gasteiger partial charge in [0, 0.05) is 43.1 Å². The van der Waals surface area contributed by atoms with Crippen molar-refractivity contribution in [1.29, 1.82) is 0 Å².